The molecule has 0 radical (unpaired) electrons. The molecule has 1 atom stereocenters. The van der Waals surface area contributed by atoms with Crippen LogP contribution in [0, 0.1) is 5.41 Å². The Balaban J connectivity index is 2.24. The summed E-state index contributed by atoms with van der Waals surface area (Å²) in [6.45, 7) is 2.22. The lowest BCUT2D eigenvalue weighted by molar-refractivity contribution is 0.154. The second kappa shape index (κ2) is 5.38. The van der Waals surface area contributed by atoms with Crippen LogP contribution >= 0.6 is 15.9 Å². The number of ether oxygens (including phenoxy) is 2. The molecule has 1 aromatic rings. The second-order valence-corrected chi connectivity index (χ2v) is 5.56. The van der Waals surface area contributed by atoms with Gasteiger partial charge >= 0.3 is 0 Å². The molecule has 1 saturated heterocycles. The van der Waals surface area contributed by atoms with Crippen LogP contribution in [0.25, 0.3) is 0 Å². The van der Waals surface area contributed by atoms with Crippen LogP contribution in [0.15, 0.2) is 22.7 Å². The minimum atomic E-state index is 0.0775. The van der Waals surface area contributed by atoms with E-state index in [0.717, 1.165) is 36.3 Å². The molecule has 0 aliphatic carbocycles. The van der Waals surface area contributed by atoms with Crippen LogP contribution in [0.2, 0.25) is 0 Å². The number of benzene rings is 1. The van der Waals surface area contributed by atoms with Gasteiger partial charge < -0.3 is 15.2 Å². The van der Waals surface area contributed by atoms with Gasteiger partial charge in [0.2, 0.25) is 0 Å². The Bertz CT molecular complexity index is 389. The molecular weight excluding hydrogens is 282 g/mol. The van der Waals surface area contributed by atoms with Crippen LogP contribution < -0.4 is 10.5 Å². The maximum Gasteiger partial charge on any atom is 0.122 e. The molecule has 0 bridgehead atoms. The lowest BCUT2D eigenvalue weighted by Crippen LogP contribution is -2.33. The Hall–Kier alpha value is -0.580. The first-order chi connectivity index (χ1) is 8.19. The van der Waals surface area contributed by atoms with Gasteiger partial charge in [0, 0.05) is 23.0 Å². The van der Waals surface area contributed by atoms with E-state index in [2.05, 4.69) is 22.0 Å². The Morgan fingerprint density at radius 2 is 2.35 bits per heavy atom. The molecule has 3 nitrogen and oxygen atoms in total. The van der Waals surface area contributed by atoms with Gasteiger partial charge in [-0.25, -0.2) is 0 Å². The largest absolute Gasteiger partial charge is 0.496 e. The second-order valence-electron chi connectivity index (χ2n) is 4.64. The van der Waals surface area contributed by atoms with Gasteiger partial charge in [0.25, 0.3) is 0 Å². The normalized spacial score (nSPS) is 23.9. The van der Waals surface area contributed by atoms with Crippen molar-refractivity contribution in [2.45, 2.75) is 12.8 Å². The Morgan fingerprint density at radius 3 is 2.94 bits per heavy atom. The quantitative estimate of drug-likeness (QED) is 0.928. The summed E-state index contributed by atoms with van der Waals surface area (Å²) in [4.78, 5) is 0. The number of rotatable bonds is 4. The lowest BCUT2D eigenvalue weighted by Gasteiger charge is -2.26. The topological polar surface area (TPSA) is 44.5 Å². The summed E-state index contributed by atoms with van der Waals surface area (Å²) in [5.41, 5.74) is 7.18. The van der Waals surface area contributed by atoms with Crippen molar-refractivity contribution in [3.8, 4) is 5.75 Å². The number of hydrogen-bond donors (Lipinski definition) is 1. The molecule has 0 saturated carbocycles. The molecule has 0 amide bonds. The molecule has 4 heteroatoms. The molecule has 1 aliphatic rings. The Labute approximate surface area is 110 Å². The standard InChI is InChI=1S/C13H18BrNO2/c1-16-12-3-2-11(14)6-10(12)7-13(8-15)4-5-17-9-13/h2-3,6H,4-5,7-9,15H2,1H3. The Kier molecular flexibility index (Phi) is 4.07. The van der Waals surface area contributed by atoms with Crippen molar-refractivity contribution in [2.24, 2.45) is 11.1 Å². The highest BCUT2D eigenvalue weighted by atomic mass is 79.9. The van der Waals surface area contributed by atoms with E-state index in [9.17, 15) is 0 Å². The van der Waals surface area contributed by atoms with E-state index >= 15 is 0 Å². The third kappa shape index (κ3) is 2.81. The molecule has 1 aliphatic heterocycles. The highest BCUT2D eigenvalue weighted by molar-refractivity contribution is 9.10. The van der Waals surface area contributed by atoms with Crippen LogP contribution in [0.3, 0.4) is 0 Å². The van der Waals surface area contributed by atoms with E-state index in [1.807, 2.05) is 12.1 Å². The maximum absolute atomic E-state index is 5.91. The van der Waals surface area contributed by atoms with Gasteiger partial charge in [0.1, 0.15) is 5.75 Å². The number of halogens is 1. The third-order valence-corrected chi connectivity index (χ3v) is 3.92. The Morgan fingerprint density at radius 1 is 1.53 bits per heavy atom. The summed E-state index contributed by atoms with van der Waals surface area (Å²) in [6, 6.07) is 6.08. The van der Waals surface area contributed by atoms with Crippen molar-refractivity contribution in [1.82, 2.24) is 0 Å². The van der Waals surface area contributed by atoms with Crippen LogP contribution in [-0.4, -0.2) is 26.9 Å². The molecule has 1 fully saturated rings. The van der Waals surface area contributed by atoms with Gasteiger partial charge in [-0.3, -0.25) is 0 Å². The van der Waals surface area contributed by atoms with Crippen LogP contribution in [0.5, 0.6) is 5.75 Å². The van der Waals surface area contributed by atoms with Crippen molar-refractivity contribution < 1.29 is 9.47 Å². The van der Waals surface area contributed by atoms with Gasteiger partial charge in [0.15, 0.2) is 0 Å². The monoisotopic (exact) mass is 299 g/mol. The van der Waals surface area contributed by atoms with E-state index < -0.39 is 0 Å². The summed E-state index contributed by atoms with van der Waals surface area (Å²) >= 11 is 3.50. The summed E-state index contributed by atoms with van der Waals surface area (Å²) in [7, 11) is 1.70. The van der Waals surface area contributed by atoms with Crippen molar-refractivity contribution >= 4 is 15.9 Å². The fourth-order valence-corrected chi connectivity index (χ4v) is 2.72. The predicted molar refractivity (Wildman–Crippen MR) is 71.3 cm³/mol. The molecule has 17 heavy (non-hydrogen) atoms. The molecule has 0 aromatic heterocycles. The lowest BCUT2D eigenvalue weighted by atomic mass is 9.81. The van der Waals surface area contributed by atoms with Gasteiger partial charge in [-0.2, -0.15) is 0 Å². The predicted octanol–water partition coefficient (Wildman–Crippen LogP) is 2.37. The first-order valence-corrected chi connectivity index (χ1v) is 6.59. The molecule has 2 rings (SSSR count). The van der Waals surface area contributed by atoms with Gasteiger partial charge in [-0.05, 0) is 36.6 Å². The van der Waals surface area contributed by atoms with Crippen LogP contribution in [0.1, 0.15) is 12.0 Å². The molecule has 1 heterocycles. The van der Waals surface area contributed by atoms with E-state index in [4.69, 9.17) is 15.2 Å². The zero-order valence-electron chi connectivity index (χ0n) is 10.0. The minimum Gasteiger partial charge on any atom is -0.496 e. The molecule has 2 N–H and O–H groups in total. The van der Waals surface area contributed by atoms with Crippen LogP contribution in [0.4, 0.5) is 0 Å². The first-order valence-electron chi connectivity index (χ1n) is 5.79. The van der Waals surface area contributed by atoms with E-state index in [0.29, 0.717) is 6.54 Å². The summed E-state index contributed by atoms with van der Waals surface area (Å²) < 4.78 is 12.0. The highest BCUT2D eigenvalue weighted by Crippen LogP contribution is 2.35. The summed E-state index contributed by atoms with van der Waals surface area (Å²) in [6.07, 6.45) is 1.94. The number of hydrogen-bond acceptors (Lipinski definition) is 3. The van der Waals surface area contributed by atoms with Gasteiger partial charge in [-0.15, -0.1) is 0 Å². The van der Waals surface area contributed by atoms with Crippen LogP contribution in [-0.2, 0) is 11.2 Å². The SMILES string of the molecule is COc1ccc(Br)cc1CC1(CN)CCOC1. The summed E-state index contributed by atoms with van der Waals surface area (Å²) in [5.74, 6) is 0.924. The van der Waals surface area contributed by atoms with Crippen molar-refractivity contribution in [2.75, 3.05) is 26.9 Å². The molecular formula is C13H18BrNO2. The van der Waals surface area contributed by atoms with Crippen molar-refractivity contribution in [1.29, 1.82) is 0 Å². The number of methoxy groups -OCH3 is 1. The smallest absolute Gasteiger partial charge is 0.122 e. The fraction of sp³-hybridized carbons (Fsp3) is 0.538. The summed E-state index contributed by atoms with van der Waals surface area (Å²) in [5, 5.41) is 0. The zero-order valence-corrected chi connectivity index (χ0v) is 11.6. The van der Waals surface area contributed by atoms with E-state index in [1.165, 1.54) is 5.56 Å². The van der Waals surface area contributed by atoms with E-state index in [1.54, 1.807) is 7.11 Å². The molecule has 1 aromatic carbocycles. The molecule has 1 unspecified atom stereocenters. The molecule has 0 spiro atoms. The zero-order chi connectivity index (χ0) is 12.3. The molecule has 94 valence electrons. The minimum absolute atomic E-state index is 0.0775. The fourth-order valence-electron chi connectivity index (χ4n) is 2.31. The maximum atomic E-state index is 5.91. The number of nitrogens with two attached hydrogens (primary N) is 1. The third-order valence-electron chi connectivity index (χ3n) is 3.43. The van der Waals surface area contributed by atoms with Crippen molar-refractivity contribution in [3.63, 3.8) is 0 Å². The van der Waals surface area contributed by atoms with Gasteiger partial charge in [-0.1, -0.05) is 15.9 Å². The van der Waals surface area contributed by atoms with Gasteiger partial charge in [0.05, 0.1) is 13.7 Å². The van der Waals surface area contributed by atoms with E-state index in [-0.39, 0.29) is 5.41 Å². The average molecular weight is 300 g/mol. The highest BCUT2D eigenvalue weighted by Gasteiger charge is 2.34. The van der Waals surface area contributed by atoms with Crippen molar-refractivity contribution in [3.05, 3.63) is 28.2 Å². The first kappa shape index (κ1) is 12.9. The average Bonchev–Trinajstić information content (AvgIpc) is 2.79.